The number of anilines is 1. The summed E-state index contributed by atoms with van der Waals surface area (Å²) in [5.74, 6) is -0.668. The second-order valence-electron chi connectivity index (χ2n) is 5.30. The van der Waals surface area contributed by atoms with Crippen LogP contribution in [0.3, 0.4) is 0 Å². The Morgan fingerprint density at radius 3 is 2.72 bits per heavy atom. The lowest BCUT2D eigenvalue weighted by atomic mass is 10.2. The number of nitro groups is 1. The minimum Gasteiger partial charge on any atom is -0.318 e. The van der Waals surface area contributed by atoms with Crippen molar-refractivity contribution in [3.8, 4) is 0 Å². The zero-order valence-electron chi connectivity index (χ0n) is 13.1. The molecule has 128 valence electrons. The highest BCUT2D eigenvalue weighted by atomic mass is 35.5. The summed E-state index contributed by atoms with van der Waals surface area (Å²) in [6.07, 6.45) is 4.27. The zero-order valence-corrected chi connectivity index (χ0v) is 13.8. The van der Waals surface area contributed by atoms with E-state index >= 15 is 0 Å². The average molecular weight is 361 g/mol. The molecule has 2 heterocycles. The number of hydrogen-bond donors (Lipinski definition) is 1. The van der Waals surface area contributed by atoms with E-state index in [1.165, 1.54) is 24.1 Å². The van der Waals surface area contributed by atoms with E-state index in [2.05, 4.69) is 15.5 Å². The lowest BCUT2D eigenvalue weighted by Gasteiger charge is -2.02. The predicted molar refractivity (Wildman–Crippen MR) is 90.6 cm³/mol. The number of halogens is 1. The number of benzene rings is 1. The number of carbonyl (C=O) groups excluding carboxylic acids is 1. The summed E-state index contributed by atoms with van der Waals surface area (Å²) < 4.78 is 2.85. The average Bonchev–Trinajstić information content (AvgIpc) is 3.16. The molecule has 0 aliphatic rings. The van der Waals surface area contributed by atoms with E-state index < -0.39 is 10.8 Å². The molecule has 1 amide bonds. The third-order valence-corrected chi connectivity index (χ3v) is 3.62. The number of aromatic nitrogens is 4. The minimum absolute atomic E-state index is 0.252. The topological polar surface area (TPSA) is 108 Å². The molecule has 2 aromatic heterocycles. The Hall–Kier alpha value is -3.20. The highest BCUT2D eigenvalue weighted by Crippen LogP contribution is 2.18. The zero-order chi connectivity index (χ0) is 18.0. The van der Waals surface area contributed by atoms with Crippen LogP contribution in [-0.4, -0.2) is 30.4 Å². The molecule has 25 heavy (non-hydrogen) atoms. The molecule has 0 aliphatic heterocycles. The number of nitrogens with one attached hydrogen (secondary N) is 1. The summed E-state index contributed by atoms with van der Waals surface area (Å²) in [6.45, 7) is 0.497. The maximum absolute atomic E-state index is 12.2. The van der Waals surface area contributed by atoms with Gasteiger partial charge in [-0.05, 0) is 17.7 Å². The van der Waals surface area contributed by atoms with Crippen molar-refractivity contribution in [1.82, 2.24) is 19.6 Å². The fourth-order valence-electron chi connectivity index (χ4n) is 2.25. The van der Waals surface area contributed by atoms with E-state index in [4.69, 9.17) is 11.6 Å². The molecule has 0 spiro atoms. The summed E-state index contributed by atoms with van der Waals surface area (Å²) >= 11 is 5.85. The lowest BCUT2D eigenvalue weighted by Crippen LogP contribution is -2.14. The van der Waals surface area contributed by atoms with Gasteiger partial charge in [-0.1, -0.05) is 23.7 Å². The molecule has 3 rings (SSSR count). The van der Waals surface area contributed by atoms with Crippen LogP contribution in [0, 0.1) is 10.1 Å². The smallest absolute Gasteiger partial charge is 0.318 e. The first kappa shape index (κ1) is 16.7. The molecule has 3 aromatic rings. The Bertz CT molecular complexity index is 931. The van der Waals surface area contributed by atoms with E-state index in [0.717, 1.165) is 5.56 Å². The van der Waals surface area contributed by atoms with Gasteiger partial charge in [0, 0.05) is 18.3 Å². The van der Waals surface area contributed by atoms with Crippen LogP contribution in [0.15, 0.2) is 42.9 Å². The number of hydrogen-bond acceptors (Lipinski definition) is 5. The summed E-state index contributed by atoms with van der Waals surface area (Å²) in [5, 5.41) is 22.2. The minimum atomic E-state index is -0.668. The summed E-state index contributed by atoms with van der Waals surface area (Å²) in [6, 6.07) is 7.31. The first-order valence-corrected chi connectivity index (χ1v) is 7.56. The summed E-state index contributed by atoms with van der Waals surface area (Å²) in [7, 11) is 1.51. The van der Waals surface area contributed by atoms with Gasteiger partial charge in [-0.25, -0.2) is 0 Å². The molecule has 0 unspecified atom stereocenters. The Morgan fingerprint density at radius 2 is 2.04 bits per heavy atom. The number of rotatable bonds is 5. The third kappa shape index (κ3) is 3.83. The van der Waals surface area contributed by atoms with Crippen LogP contribution in [0.25, 0.3) is 0 Å². The van der Waals surface area contributed by atoms with Crippen LogP contribution in [0.5, 0.6) is 0 Å². The lowest BCUT2D eigenvalue weighted by molar-refractivity contribution is -0.385. The van der Waals surface area contributed by atoms with Crippen molar-refractivity contribution >= 4 is 28.9 Å². The van der Waals surface area contributed by atoms with Gasteiger partial charge in [0.25, 0.3) is 5.91 Å². The number of amides is 1. The Labute approximate surface area is 147 Å². The van der Waals surface area contributed by atoms with E-state index in [1.807, 2.05) is 12.1 Å². The molecule has 0 saturated carbocycles. The maximum atomic E-state index is 12.2. The van der Waals surface area contributed by atoms with Crippen molar-refractivity contribution in [2.24, 2.45) is 7.05 Å². The van der Waals surface area contributed by atoms with Gasteiger partial charge >= 0.3 is 5.69 Å². The van der Waals surface area contributed by atoms with Crippen LogP contribution < -0.4 is 5.32 Å². The van der Waals surface area contributed by atoms with Gasteiger partial charge in [0.1, 0.15) is 6.20 Å². The predicted octanol–water partition coefficient (Wildman–Crippen LogP) is 2.48. The molecule has 10 heteroatoms. The second kappa shape index (κ2) is 6.73. The first-order chi connectivity index (χ1) is 11.9. The Morgan fingerprint density at radius 1 is 1.32 bits per heavy atom. The molecule has 0 fully saturated rings. The van der Waals surface area contributed by atoms with Crippen molar-refractivity contribution in [1.29, 1.82) is 0 Å². The van der Waals surface area contributed by atoms with Gasteiger partial charge in [-0.2, -0.15) is 10.2 Å². The van der Waals surface area contributed by atoms with Gasteiger partial charge in [-0.15, -0.1) is 0 Å². The standard InChI is InChI=1S/C15H13ClN6O3/c1-20-9-13(22(24)25)14(19-20)15(23)18-12-6-17-21(8-12)7-10-2-4-11(16)5-3-10/h2-6,8-9H,7H2,1H3,(H,18,23). The van der Waals surface area contributed by atoms with Crippen LogP contribution in [-0.2, 0) is 13.6 Å². The van der Waals surface area contributed by atoms with Gasteiger partial charge in [-0.3, -0.25) is 24.3 Å². The van der Waals surface area contributed by atoms with Gasteiger partial charge in [0.15, 0.2) is 0 Å². The normalized spacial score (nSPS) is 10.6. The monoisotopic (exact) mass is 360 g/mol. The van der Waals surface area contributed by atoms with E-state index in [0.29, 0.717) is 17.3 Å². The molecule has 9 nitrogen and oxygen atoms in total. The van der Waals surface area contributed by atoms with E-state index in [1.54, 1.807) is 23.0 Å². The van der Waals surface area contributed by atoms with Crippen molar-refractivity contribution in [2.45, 2.75) is 6.54 Å². The quantitative estimate of drug-likeness (QED) is 0.555. The van der Waals surface area contributed by atoms with Crippen molar-refractivity contribution in [3.05, 3.63) is 69.3 Å². The second-order valence-corrected chi connectivity index (χ2v) is 5.74. The van der Waals surface area contributed by atoms with Gasteiger partial charge in [0.05, 0.1) is 23.4 Å². The van der Waals surface area contributed by atoms with Gasteiger partial charge in [0.2, 0.25) is 5.69 Å². The van der Waals surface area contributed by atoms with Crippen LogP contribution in [0.1, 0.15) is 16.1 Å². The fraction of sp³-hybridized carbons (Fsp3) is 0.133. The van der Waals surface area contributed by atoms with Crippen LogP contribution in [0.2, 0.25) is 5.02 Å². The van der Waals surface area contributed by atoms with Crippen molar-refractivity contribution in [2.75, 3.05) is 5.32 Å². The van der Waals surface area contributed by atoms with Gasteiger partial charge < -0.3 is 5.32 Å². The SMILES string of the molecule is Cn1cc([N+](=O)[O-])c(C(=O)Nc2cnn(Cc3ccc(Cl)cc3)c2)n1. The van der Waals surface area contributed by atoms with E-state index in [-0.39, 0.29) is 11.4 Å². The Balaban J connectivity index is 1.72. The summed E-state index contributed by atoms with van der Waals surface area (Å²) in [4.78, 5) is 22.5. The van der Waals surface area contributed by atoms with Crippen LogP contribution in [0.4, 0.5) is 11.4 Å². The fourth-order valence-corrected chi connectivity index (χ4v) is 2.38. The molecule has 0 saturated heterocycles. The molecule has 1 N–H and O–H groups in total. The van der Waals surface area contributed by atoms with Crippen molar-refractivity contribution in [3.63, 3.8) is 0 Å². The number of aryl methyl sites for hydroxylation is 1. The van der Waals surface area contributed by atoms with E-state index in [9.17, 15) is 14.9 Å². The summed E-state index contributed by atoms with van der Waals surface area (Å²) in [5.41, 5.74) is 0.802. The third-order valence-electron chi connectivity index (χ3n) is 3.37. The molecule has 0 aliphatic carbocycles. The molecular formula is C15H13ClN6O3. The molecule has 0 atom stereocenters. The highest BCUT2D eigenvalue weighted by molar-refractivity contribution is 6.30. The number of nitrogens with zero attached hydrogens (tertiary/aromatic N) is 5. The highest BCUT2D eigenvalue weighted by Gasteiger charge is 2.25. The molecule has 0 radical (unpaired) electrons. The van der Waals surface area contributed by atoms with Crippen molar-refractivity contribution < 1.29 is 9.72 Å². The van der Waals surface area contributed by atoms with Crippen LogP contribution >= 0.6 is 11.6 Å². The molecule has 1 aromatic carbocycles. The maximum Gasteiger partial charge on any atom is 0.320 e. The number of carbonyl (C=O) groups is 1. The first-order valence-electron chi connectivity index (χ1n) is 7.18. The Kier molecular flexibility index (Phi) is 4.48. The molecular weight excluding hydrogens is 348 g/mol. The largest absolute Gasteiger partial charge is 0.320 e. The molecule has 0 bridgehead atoms.